The number of para-hydroxylation sites is 1. The molecule has 2 rings (SSSR count). The van der Waals surface area contributed by atoms with Crippen LogP contribution < -0.4 is 10.0 Å². The van der Waals surface area contributed by atoms with Gasteiger partial charge >= 0.3 is 5.97 Å². The number of benzene rings is 2. The average Bonchev–Trinajstić information content (AvgIpc) is 2.67. The van der Waals surface area contributed by atoms with Crippen LogP contribution in [0.1, 0.15) is 12.5 Å². The molecule has 0 heterocycles. The summed E-state index contributed by atoms with van der Waals surface area (Å²) in [6.45, 7) is 0.747. The van der Waals surface area contributed by atoms with Gasteiger partial charge in [-0.25, -0.2) is 8.42 Å². The largest absolute Gasteiger partial charge is 0.452 e. The summed E-state index contributed by atoms with van der Waals surface area (Å²) in [4.78, 5) is 23.7. The second-order valence-corrected chi connectivity index (χ2v) is 7.22. The third kappa shape index (κ3) is 5.91. The van der Waals surface area contributed by atoms with E-state index in [1.54, 1.807) is 30.3 Å². The summed E-state index contributed by atoms with van der Waals surface area (Å²) in [5, 5.41) is 11.3. The first-order valence-corrected chi connectivity index (χ1v) is 9.35. The zero-order valence-electron chi connectivity index (χ0n) is 14.4. The first-order valence-electron chi connectivity index (χ1n) is 7.87. The Balaban J connectivity index is 1.87. The van der Waals surface area contributed by atoms with Crippen molar-refractivity contribution in [2.24, 2.45) is 0 Å². The van der Waals surface area contributed by atoms with Crippen molar-refractivity contribution in [1.82, 2.24) is 4.72 Å². The Labute approximate surface area is 156 Å². The number of nitrogens with one attached hydrogen (secondary N) is 2. The molecule has 140 valence electrons. The molecule has 0 saturated heterocycles. The standard InChI is InChI=1S/C18H17N3O5S/c1-13(18(23)21-15-5-3-2-4-6-15)26-17(22)12-20-27(24,25)16-9-7-14(11-19)8-10-16/h2-10,13,20H,12H2,1H3,(H,21,23)/t13-/m1/s1. The molecule has 0 aromatic heterocycles. The number of anilines is 1. The molecule has 0 aliphatic carbocycles. The Bertz CT molecular complexity index is 951. The molecule has 9 heteroatoms. The first kappa shape index (κ1) is 20.1. The molecule has 0 aliphatic heterocycles. The van der Waals surface area contributed by atoms with Crippen LogP contribution in [-0.2, 0) is 24.3 Å². The topological polar surface area (TPSA) is 125 Å². The molecule has 0 bridgehead atoms. The molecule has 0 radical (unpaired) electrons. The summed E-state index contributed by atoms with van der Waals surface area (Å²) < 4.78 is 31.3. The Morgan fingerprint density at radius 1 is 1.11 bits per heavy atom. The first-order chi connectivity index (χ1) is 12.8. The van der Waals surface area contributed by atoms with Crippen molar-refractivity contribution in [3.8, 4) is 6.07 Å². The van der Waals surface area contributed by atoms with E-state index in [-0.39, 0.29) is 4.90 Å². The predicted molar refractivity (Wildman–Crippen MR) is 97.0 cm³/mol. The van der Waals surface area contributed by atoms with Crippen molar-refractivity contribution < 1.29 is 22.7 Å². The normalized spacial score (nSPS) is 11.9. The molecule has 2 aromatic carbocycles. The Kier molecular flexibility index (Phi) is 6.65. The molecule has 2 aromatic rings. The van der Waals surface area contributed by atoms with Gasteiger partial charge in [-0.15, -0.1) is 0 Å². The number of nitrogens with zero attached hydrogens (tertiary/aromatic N) is 1. The van der Waals surface area contributed by atoms with Crippen molar-refractivity contribution in [3.05, 3.63) is 60.2 Å². The number of ether oxygens (including phenoxy) is 1. The van der Waals surface area contributed by atoms with Gasteiger partial charge in [-0.05, 0) is 43.3 Å². The number of hydrogen-bond acceptors (Lipinski definition) is 6. The molecule has 0 spiro atoms. The van der Waals surface area contributed by atoms with E-state index in [2.05, 4.69) is 10.0 Å². The number of carbonyl (C=O) groups excluding carboxylic acids is 2. The van der Waals surface area contributed by atoms with E-state index in [0.717, 1.165) is 0 Å². The van der Waals surface area contributed by atoms with Crippen molar-refractivity contribution in [2.45, 2.75) is 17.9 Å². The smallest absolute Gasteiger partial charge is 0.321 e. The highest BCUT2D eigenvalue weighted by Gasteiger charge is 2.20. The van der Waals surface area contributed by atoms with Gasteiger partial charge in [0.25, 0.3) is 5.91 Å². The summed E-state index contributed by atoms with van der Waals surface area (Å²) in [5.41, 5.74) is 0.860. The minimum Gasteiger partial charge on any atom is -0.452 e. The van der Waals surface area contributed by atoms with Crippen molar-refractivity contribution >= 4 is 27.6 Å². The molecular formula is C18H17N3O5S. The minimum atomic E-state index is -3.95. The van der Waals surface area contributed by atoms with E-state index >= 15 is 0 Å². The fourth-order valence-electron chi connectivity index (χ4n) is 2.00. The summed E-state index contributed by atoms with van der Waals surface area (Å²) in [5.74, 6) is -1.44. The van der Waals surface area contributed by atoms with Crippen LogP contribution in [0, 0.1) is 11.3 Å². The molecule has 2 N–H and O–H groups in total. The predicted octanol–water partition coefficient (Wildman–Crippen LogP) is 1.41. The monoisotopic (exact) mass is 387 g/mol. The van der Waals surface area contributed by atoms with E-state index in [1.807, 2.05) is 6.07 Å². The molecule has 0 saturated carbocycles. The third-order valence-corrected chi connectivity index (χ3v) is 4.84. The van der Waals surface area contributed by atoms with Gasteiger partial charge < -0.3 is 10.1 Å². The third-order valence-electron chi connectivity index (χ3n) is 3.42. The molecule has 27 heavy (non-hydrogen) atoms. The molecule has 0 fully saturated rings. The van der Waals surface area contributed by atoms with E-state index in [9.17, 15) is 18.0 Å². The van der Waals surface area contributed by atoms with Crippen LogP contribution in [0.25, 0.3) is 0 Å². The van der Waals surface area contributed by atoms with Gasteiger partial charge in [0.15, 0.2) is 6.10 Å². The number of carbonyl (C=O) groups is 2. The fraction of sp³-hybridized carbons (Fsp3) is 0.167. The molecule has 1 amide bonds. The van der Waals surface area contributed by atoms with Crippen molar-refractivity contribution in [3.63, 3.8) is 0 Å². The Hall–Kier alpha value is -3.22. The minimum absolute atomic E-state index is 0.0934. The summed E-state index contributed by atoms with van der Waals surface area (Å²) in [7, 11) is -3.95. The highest BCUT2D eigenvalue weighted by molar-refractivity contribution is 7.89. The number of amides is 1. The maximum absolute atomic E-state index is 12.1. The van der Waals surface area contributed by atoms with E-state index in [1.165, 1.54) is 31.2 Å². The molecule has 0 unspecified atom stereocenters. The van der Waals surface area contributed by atoms with Crippen LogP contribution in [0.4, 0.5) is 5.69 Å². The summed E-state index contributed by atoms with van der Waals surface area (Å²) in [6, 6.07) is 15.7. The lowest BCUT2D eigenvalue weighted by molar-refractivity contribution is -0.151. The van der Waals surface area contributed by atoms with Gasteiger partial charge in [-0.3, -0.25) is 9.59 Å². The number of rotatable bonds is 7. The zero-order chi connectivity index (χ0) is 19.9. The van der Waals surface area contributed by atoms with Crippen molar-refractivity contribution in [1.29, 1.82) is 5.26 Å². The van der Waals surface area contributed by atoms with Crippen LogP contribution in [0.3, 0.4) is 0 Å². The Morgan fingerprint density at radius 2 is 1.74 bits per heavy atom. The fourth-order valence-corrected chi connectivity index (χ4v) is 2.97. The van der Waals surface area contributed by atoms with E-state index in [0.29, 0.717) is 11.3 Å². The second kappa shape index (κ2) is 8.93. The highest BCUT2D eigenvalue weighted by Crippen LogP contribution is 2.10. The SMILES string of the molecule is C[C@@H](OC(=O)CNS(=O)(=O)c1ccc(C#N)cc1)C(=O)Nc1ccccc1. The van der Waals surface area contributed by atoms with Gasteiger partial charge in [-0.1, -0.05) is 18.2 Å². The van der Waals surface area contributed by atoms with Crippen molar-refractivity contribution in [2.75, 3.05) is 11.9 Å². The zero-order valence-corrected chi connectivity index (χ0v) is 15.2. The molecule has 0 aliphatic rings. The van der Waals surface area contributed by atoms with E-state index < -0.39 is 34.5 Å². The van der Waals surface area contributed by atoms with Crippen LogP contribution in [0.15, 0.2) is 59.5 Å². The summed E-state index contributed by atoms with van der Waals surface area (Å²) >= 11 is 0. The second-order valence-electron chi connectivity index (χ2n) is 5.45. The highest BCUT2D eigenvalue weighted by atomic mass is 32.2. The van der Waals surface area contributed by atoms with Crippen LogP contribution in [0.2, 0.25) is 0 Å². The lowest BCUT2D eigenvalue weighted by Gasteiger charge is -2.14. The number of hydrogen-bond donors (Lipinski definition) is 2. The molecular weight excluding hydrogens is 370 g/mol. The number of sulfonamides is 1. The maximum atomic E-state index is 12.1. The van der Waals surface area contributed by atoms with Gasteiger partial charge in [0.05, 0.1) is 16.5 Å². The number of nitriles is 1. The van der Waals surface area contributed by atoms with Crippen LogP contribution >= 0.6 is 0 Å². The van der Waals surface area contributed by atoms with Gasteiger partial charge in [-0.2, -0.15) is 9.98 Å². The average molecular weight is 387 g/mol. The molecule has 8 nitrogen and oxygen atoms in total. The Morgan fingerprint density at radius 3 is 2.33 bits per heavy atom. The van der Waals surface area contributed by atoms with Crippen LogP contribution in [-0.4, -0.2) is 32.9 Å². The molecule has 1 atom stereocenters. The lowest BCUT2D eigenvalue weighted by Crippen LogP contribution is -2.35. The quantitative estimate of drug-likeness (QED) is 0.692. The summed E-state index contributed by atoms with van der Waals surface area (Å²) in [6.07, 6.45) is -1.10. The van der Waals surface area contributed by atoms with Gasteiger partial charge in [0.2, 0.25) is 10.0 Å². The van der Waals surface area contributed by atoms with Gasteiger partial charge in [0, 0.05) is 5.69 Å². The lowest BCUT2D eigenvalue weighted by atomic mass is 10.2. The van der Waals surface area contributed by atoms with E-state index in [4.69, 9.17) is 10.00 Å². The maximum Gasteiger partial charge on any atom is 0.321 e. The van der Waals surface area contributed by atoms with Gasteiger partial charge in [0.1, 0.15) is 6.54 Å². The number of esters is 1. The van der Waals surface area contributed by atoms with Crippen LogP contribution in [0.5, 0.6) is 0 Å².